The number of fused-ring (bicyclic) bond motifs is 1. The Balaban J connectivity index is 1.90. The first-order chi connectivity index (χ1) is 8.74. The number of hydrogen-bond donors (Lipinski definition) is 1. The summed E-state index contributed by atoms with van der Waals surface area (Å²) in [6, 6.07) is 9.93. The molecule has 0 spiro atoms. The summed E-state index contributed by atoms with van der Waals surface area (Å²) in [5.74, 6) is 2.07. The van der Waals surface area contributed by atoms with Crippen LogP contribution in [0.25, 0.3) is 11.0 Å². The molecule has 92 valence electrons. The summed E-state index contributed by atoms with van der Waals surface area (Å²) in [5.41, 5.74) is 2.14. The fourth-order valence-corrected chi connectivity index (χ4v) is 2.34. The van der Waals surface area contributed by atoms with Crippen molar-refractivity contribution in [2.75, 3.05) is 0 Å². The van der Waals surface area contributed by atoms with E-state index in [1.165, 1.54) is 0 Å². The highest BCUT2D eigenvalue weighted by molar-refractivity contribution is 7.80. The van der Waals surface area contributed by atoms with Gasteiger partial charge in [-0.3, -0.25) is 0 Å². The van der Waals surface area contributed by atoms with E-state index < -0.39 is 0 Å². The number of hydrogen-bond acceptors (Lipinski definition) is 3. The van der Waals surface area contributed by atoms with Gasteiger partial charge in [0.15, 0.2) is 0 Å². The van der Waals surface area contributed by atoms with E-state index in [1.807, 2.05) is 37.4 Å². The number of furan rings is 1. The van der Waals surface area contributed by atoms with Crippen molar-refractivity contribution < 1.29 is 4.42 Å². The van der Waals surface area contributed by atoms with Crippen LogP contribution in [0, 0.1) is 0 Å². The van der Waals surface area contributed by atoms with E-state index in [0.717, 1.165) is 40.4 Å². The lowest BCUT2D eigenvalue weighted by molar-refractivity contribution is 0.505. The van der Waals surface area contributed by atoms with Crippen LogP contribution in [0.4, 0.5) is 0 Å². The van der Waals surface area contributed by atoms with E-state index in [1.54, 1.807) is 6.26 Å². The molecule has 3 rings (SSSR count). The van der Waals surface area contributed by atoms with Crippen LogP contribution in [-0.2, 0) is 19.9 Å². The van der Waals surface area contributed by atoms with Crippen molar-refractivity contribution in [2.45, 2.75) is 17.7 Å². The van der Waals surface area contributed by atoms with Crippen LogP contribution in [0.3, 0.4) is 0 Å². The lowest BCUT2D eigenvalue weighted by atomic mass is 10.2. The Labute approximate surface area is 111 Å². The molecule has 0 radical (unpaired) electrons. The number of aromatic nitrogens is 2. The SMILES string of the molecule is Cn1c(CCc2ccco2)nc2ccc(S)cc21. The van der Waals surface area contributed by atoms with E-state index in [4.69, 9.17) is 4.42 Å². The van der Waals surface area contributed by atoms with Crippen molar-refractivity contribution in [2.24, 2.45) is 7.05 Å². The fourth-order valence-electron chi connectivity index (χ4n) is 2.14. The van der Waals surface area contributed by atoms with Gasteiger partial charge in [0, 0.05) is 24.8 Å². The maximum Gasteiger partial charge on any atom is 0.110 e. The molecular weight excluding hydrogens is 244 g/mol. The smallest absolute Gasteiger partial charge is 0.110 e. The van der Waals surface area contributed by atoms with Crippen molar-refractivity contribution >= 4 is 23.7 Å². The third-order valence-electron chi connectivity index (χ3n) is 3.13. The zero-order valence-electron chi connectivity index (χ0n) is 10.1. The van der Waals surface area contributed by atoms with E-state index in [-0.39, 0.29) is 0 Å². The largest absolute Gasteiger partial charge is 0.469 e. The van der Waals surface area contributed by atoms with Gasteiger partial charge >= 0.3 is 0 Å². The predicted molar refractivity (Wildman–Crippen MR) is 74.1 cm³/mol. The topological polar surface area (TPSA) is 31.0 Å². The van der Waals surface area contributed by atoms with Gasteiger partial charge in [-0.2, -0.15) is 0 Å². The molecule has 18 heavy (non-hydrogen) atoms. The molecule has 0 N–H and O–H groups in total. The second-order valence-electron chi connectivity index (χ2n) is 4.34. The number of thiol groups is 1. The van der Waals surface area contributed by atoms with Gasteiger partial charge in [0.25, 0.3) is 0 Å². The number of aryl methyl sites for hydroxylation is 3. The molecule has 0 unspecified atom stereocenters. The van der Waals surface area contributed by atoms with Gasteiger partial charge in [0.2, 0.25) is 0 Å². The molecule has 3 nitrogen and oxygen atoms in total. The number of rotatable bonds is 3. The monoisotopic (exact) mass is 258 g/mol. The summed E-state index contributed by atoms with van der Waals surface area (Å²) in [7, 11) is 2.04. The second kappa shape index (κ2) is 4.53. The zero-order valence-corrected chi connectivity index (χ0v) is 11.0. The number of imidazole rings is 1. The summed E-state index contributed by atoms with van der Waals surface area (Å²) < 4.78 is 7.46. The number of benzene rings is 1. The van der Waals surface area contributed by atoms with Crippen LogP contribution < -0.4 is 0 Å². The second-order valence-corrected chi connectivity index (χ2v) is 4.86. The van der Waals surface area contributed by atoms with Crippen molar-refractivity contribution in [1.82, 2.24) is 9.55 Å². The van der Waals surface area contributed by atoms with Crippen molar-refractivity contribution in [3.63, 3.8) is 0 Å². The molecule has 0 bridgehead atoms. The maximum atomic E-state index is 5.34. The van der Waals surface area contributed by atoms with Crippen LogP contribution in [0.2, 0.25) is 0 Å². The minimum Gasteiger partial charge on any atom is -0.469 e. The van der Waals surface area contributed by atoms with Gasteiger partial charge in [-0.05, 0) is 30.3 Å². The molecule has 0 aliphatic rings. The molecule has 3 aromatic rings. The van der Waals surface area contributed by atoms with Crippen LogP contribution in [0.1, 0.15) is 11.6 Å². The van der Waals surface area contributed by atoms with Gasteiger partial charge in [-0.15, -0.1) is 12.6 Å². The highest BCUT2D eigenvalue weighted by atomic mass is 32.1. The normalized spacial score (nSPS) is 11.2. The highest BCUT2D eigenvalue weighted by Gasteiger charge is 2.08. The molecular formula is C14H14N2OS. The average Bonchev–Trinajstić information content (AvgIpc) is 2.97. The summed E-state index contributed by atoms with van der Waals surface area (Å²) in [4.78, 5) is 5.60. The van der Waals surface area contributed by atoms with Crippen molar-refractivity contribution in [3.8, 4) is 0 Å². The van der Waals surface area contributed by atoms with Crippen molar-refractivity contribution in [3.05, 3.63) is 48.2 Å². The lowest BCUT2D eigenvalue weighted by Gasteiger charge is -2.01. The Hall–Kier alpha value is -1.68. The van der Waals surface area contributed by atoms with Crippen LogP contribution in [0.5, 0.6) is 0 Å². The third-order valence-corrected chi connectivity index (χ3v) is 3.41. The molecule has 1 aromatic carbocycles. The van der Waals surface area contributed by atoms with Crippen LogP contribution in [-0.4, -0.2) is 9.55 Å². The Bertz CT molecular complexity index is 670. The third kappa shape index (κ3) is 2.04. The molecule has 4 heteroatoms. The van der Waals surface area contributed by atoms with Gasteiger partial charge in [-0.25, -0.2) is 4.98 Å². The molecule has 0 saturated heterocycles. The van der Waals surface area contributed by atoms with Crippen LogP contribution >= 0.6 is 12.6 Å². The number of nitrogens with zero attached hydrogens (tertiary/aromatic N) is 2. The van der Waals surface area contributed by atoms with E-state index in [9.17, 15) is 0 Å². The summed E-state index contributed by atoms with van der Waals surface area (Å²) >= 11 is 4.36. The van der Waals surface area contributed by atoms with E-state index >= 15 is 0 Å². The minimum atomic E-state index is 0.873. The standard InChI is InChI=1S/C14H14N2OS/c1-16-13-9-11(18)5-6-12(13)15-14(16)7-4-10-3-2-8-17-10/h2-3,5-6,8-9,18H,4,7H2,1H3. The molecule has 0 atom stereocenters. The Kier molecular flexibility index (Phi) is 2.88. The van der Waals surface area contributed by atoms with Gasteiger partial charge < -0.3 is 8.98 Å². The fraction of sp³-hybridized carbons (Fsp3) is 0.214. The summed E-state index contributed by atoms with van der Waals surface area (Å²) in [6.45, 7) is 0. The molecule has 0 aliphatic carbocycles. The van der Waals surface area contributed by atoms with Crippen molar-refractivity contribution in [1.29, 1.82) is 0 Å². The molecule has 0 fully saturated rings. The Morgan fingerprint density at radius 2 is 2.17 bits per heavy atom. The molecule has 0 aliphatic heterocycles. The molecule has 0 amide bonds. The first kappa shape index (κ1) is 11.4. The average molecular weight is 258 g/mol. The maximum absolute atomic E-state index is 5.34. The molecule has 2 aromatic heterocycles. The van der Waals surface area contributed by atoms with Crippen LogP contribution in [0.15, 0.2) is 45.9 Å². The minimum absolute atomic E-state index is 0.873. The first-order valence-corrected chi connectivity index (χ1v) is 6.35. The Morgan fingerprint density at radius 1 is 1.28 bits per heavy atom. The Morgan fingerprint density at radius 3 is 2.94 bits per heavy atom. The van der Waals surface area contributed by atoms with E-state index in [2.05, 4.69) is 22.2 Å². The summed E-state index contributed by atoms with van der Waals surface area (Å²) in [6.07, 6.45) is 3.45. The molecule has 2 heterocycles. The van der Waals surface area contributed by atoms with Gasteiger partial charge in [0.1, 0.15) is 11.6 Å². The quantitative estimate of drug-likeness (QED) is 0.731. The molecule has 0 saturated carbocycles. The predicted octanol–water partition coefficient (Wildman–Crippen LogP) is 3.24. The first-order valence-electron chi connectivity index (χ1n) is 5.91. The van der Waals surface area contributed by atoms with Gasteiger partial charge in [-0.1, -0.05) is 0 Å². The lowest BCUT2D eigenvalue weighted by Crippen LogP contribution is -1.99. The zero-order chi connectivity index (χ0) is 12.5. The van der Waals surface area contributed by atoms with E-state index in [0.29, 0.717) is 0 Å². The van der Waals surface area contributed by atoms with Gasteiger partial charge in [0.05, 0.1) is 17.3 Å². The summed E-state index contributed by atoms with van der Waals surface area (Å²) in [5, 5.41) is 0. The highest BCUT2D eigenvalue weighted by Crippen LogP contribution is 2.19.